The van der Waals surface area contributed by atoms with Gasteiger partial charge < -0.3 is 117 Å². The zero-order valence-electron chi connectivity index (χ0n) is 69.6. The Kier molecular flexibility index (Phi) is 28.7. The summed E-state index contributed by atoms with van der Waals surface area (Å²) in [5.74, 6) is -13.2. The molecule has 9 aliphatic rings. The molecule has 1 aromatic heterocycles. The van der Waals surface area contributed by atoms with Crippen molar-refractivity contribution in [2.45, 2.75) is 225 Å². The lowest BCUT2D eigenvalue weighted by molar-refractivity contribution is -0.231. The lowest BCUT2D eigenvalue weighted by atomic mass is 9.47. The number of aromatic amines is 1. The fourth-order valence-electron chi connectivity index (χ4n) is 21.2. The second-order valence-corrected chi connectivity index (χ2v) is 33.7. The van der Waals surface area contributed by atoms with Crippen LogP contribution < -0.4 is 47.3 Å². The third-order valence-corrected chi connectivity index (χ3v) is 26.6. The van der Waals surface area contributed by atoms with E-state index in [9.17, 15) is 78.9 Å². The molecule has 19 atom stereocenters. The van der Waals surface area contributed by atoms with E-state index < -0.39 is 222 Å². The second kappa shape index (κ2) is 37.8. The normalized spacial score (nSPS) is 29.2. The number of carboxylic acid groups (broad SMARTS) is 1. The SMILES string of the molecule is CC(=O)O.CC[C@]1(O)C[C@H]2CN(CCc3c([nH]c4ccccc34)[C@@](C(=O)OC)(c3cc4c(cc3OC)N(C)[C@H]3[C@@](O)(C(=O)OC)[C@H](OC(=O)[C@@H]5CCCN5C(=O)[C@H](CO)NC(=O)[C@H](CO)NC(=O)[C@H](CCC(N)=O)NC(=O)[C@@H](NC(=O)[C@H](CO)NC(=O)[C@H](CO)NC(=O)[C@@H]5C[C@@H](O)CN5C(C)=O)C5CCCCC5)[C@]5(CC)C=CCN6CC[C@]43[C@@H]65)C2)C1. The molecular weight excluding hydrogens is 1580 g/mol. The number of aromatic nitrogens is 1. The van der Waals surface area contributed by atoms with Crippen LogP contribution in [0, 0.1) is 17.3 Å². The Hall–Kier alpha value is -9.93. The number of hydrogen-bond acceptors (Lipinski definition) is 27. The number of benzene rings is 2. The number of methoxy groups -OCH3 is 3. The van der Waals surface area contributed by atoms with Crippen LogP contribution in [0.3, 0.4) is 0 Å². The standard InChI is InChI=1S/C81H113N13O23.C2H4O2/c1-8-77(112)34-44-35-80(75(110)115-6,63-48(24-29-91(36-44)42-77)47-19-13-14-20-51(47)83-63)50-32-49-58(33-60(50)114-5)90(4)73-79(49)26-30-92-27-16-25-78(9-2,72(79)92)74(81(73,113)76(111)116-7)117-71(109)57-21-15-28-93(57)70(108)56(41-98)88-66(104)53(38-95)85-64(102)52(22-23-61(82)101)84-69(107)62(45-17-11-10-12-18-45)89-67(105)55(40-97)86-65(103)54(39-96)87-68(106)59-31-46(100)37-94(59)43(3)99;1-2(3)4/h13-14,16,19-20,25,32-33,44-46,52-57,59,62,72-74,83,95-98,100,112-113H,8-12,15,17-18,21-24,26-31,34-42H2,1-7H3,(H2,82,101)(H,84,107)(H,85,102)(H,86,103)(H,87,106)(H,88,104)(H,89,105);1H3,(H,3,4)/t44-,46-,52+,53+,54+,55+,56+,57+,59+,62+,72+,73-,74-,77+,78-,79-,80+,81+;/m1./s1. The first-order valence-corrected chi connectivity index (χ1v) is 41.6. The molecule has 0 radical (unpaired) electrons. The quantitative estimate of drug-likeness (QED) is 0.0184. The Balaban J connectivity index is 0.00000350. The number of carbonyl (C=O) groups excluding carboxylic acids is 12. The van der Waals surface area contributed by atoms with Gasteiger partial charge in [0.1, 0.15) is 59.5 Å². The van der Waals surface area contributed by atoms with Crippen LogP contribution in [0.4, 0.5) is 5.69 Å². The van der Waals surface area contributed by atoms with Crippen molar-refractivity contribution in [3.05, 3.63) is 70.9 Å². The number of likely N-dealkylation sites (N-methyl/N-ethyl adjacent to an activating group) is 1. The molecule has 8 heterocycles. The maximum atomic E-state index is 15.8. The van der Waals surface area contributed by atoms with Gasteiger partial charge >= 0.3 is 17.9 Å². The number of aliphatic hydroxyl groups is 7. The molecule has 38 heteroatoms. The number of amides is 9. The summed E-state index contributed by atoms with van der Waals surface area (Å²) in [5.41, 5.74) is 1.42. The molecule has 4 saturated heterocycles. The number of fused-ring (bicyclic) bond motifs is 6. The summed E-state index contributed by atoms with van der Waals surface area (Å²) in [6, 6.07) is -3.51. The highest BCUT2D eigenvalue weighted by atomic mass is 16.6. The van der Waals surface area contributed by atoms with Crippen LogP contribution in [-0.4, -0.2) is 327 Å². The zero-order chi connectivity index (χ0) is 88.1. The summed E-state index contributed by atoms with van der Waals surface area (Å²) < 4.78 is 24.9. The van der Waals surface area contributed by atoms with Gasteiger partial charge in [-0.15, -0.1) is 0 Å². The van der Waals surface area contributed by atoms with Crippen LogP contribution in [0.15, 0.2) is 48.6 Å². The number of carbonyl (C=O) groups is 13. The maximum absolute atomic E-state index is 15.8. The van der Waals surface area contributed by atoms with Crippen molar-refractivity contribution < 1.29 is 122 Å². The van der Waals surface area contributed by atoms with Crippen molar-refractivity contribution in [1.29, 1.82) is 0 Å². The van der Waals surface area contributed by atoms with Gasteiger partial charge in [-0.25, -0.2) is 9.59 Å². The highest BCUT2D eigenvalue weighted by molar-refractivity contribution is 6.00. The minimum Gasteiger partial charge on any atom is -0.496 e. The Bertz CT molecular complexity index is 4460. The highest BCUT2D eigenvalue weighted by Gasteiger charge is 2.81. The predicted molar refractivity (Wildman–Crippen MR) is 430 cm³/mol. The van der Waals surface area contributed by atoms with Gasteiger partial charge in [0, 0.05) is 124 Å². The first-order chi connectivity index (χ1) is 57.6. The number of para-hydroxylation sites is 1. The number of aliphatic hydroxyl groups excluding tert-OH is 5. The number of primary amides is 1. The van der Waals surface area contributed by atoms with E-state index in [0.717, 1.165) is 46.7 Å². The van der Waals surface area contributed by atoms with E-state index in [-0.39, 0.29) is 51.1 Å². The molecule has 121 heavy (non-hydrogen) atoms. The Morgan fingerprint density at radius 3 is 1.91 bits per heavy atom. The summed E-state index contributed by atoms with van der Waals surface area (Å²) in [7, 11) is 5.72. The molecule has 7 aliphatic heterocycles. The number of likely N-dealkylation sites (tertiary alicyclic amines) is 2. The molecule has 9 amide bonds. The van der Waals surface area contributed by atoms with E-state index in [4.69, 9.17) is 34.6 Å². The number of nitrogens with zero attached hydrogens (tertiary/aromatic N) is 5. The number of aliphatic carboxylic acids is 1. The first kappa shape index (κ1) is 91.8. The Labute approximate surface area is 699 Å². The van der Waals surface area contributed by atoms with Gasteiger partial charge in [-0.1, -0.05) is 63.5 Å². The summed E-state index contributed by atoms with van der Waals surface area (Å²) in [4.78, 5) is 191. The smallest absolute Gasteiger partial charge is 0.344 e. The van der Waals surface area contributed by atoms with E-state index in [1.165, 1.54) is 21.1 Å². The lowest BCUT2D eigenvalue weighted by Crippen LogP contribution is -2.81. The van der Waals surface area contributed by atoms with Gasteiger partial charge in [-0.3, -0.25) is 62.5 Å². The summed E-state index contributed by atoms with van der Waals surface area (Å²) in [6.07, 6.45) is 4.66. The van der Waals surface area contributed by atoms with Gasteiger partial charge in [-0.2, -0.15) is 0 Å². The Morgan fingerprint density at radius 2 is 1.30 bits per heavy atom. The van der Waals surface area contributed by atoms with Crippen LogP contribution in [0.5, 0.6) is 5.75 Å². The third-order valence-electron chi connectivity index (χ3n) is 26.6. The van der Waals surface area contributed by atoms with Crippen molar-refractivity contribution in [1.82, 2.24) is 56.5 Å². The summed E-state index contributed by atoms with van der Waals surface area (Å²) in [6.45, 7) is 3.92. The molecule has 1 spiro atoms. The summed E-state index contributed by atoms with van der Waals surface area (Å²) in [5, 5.41) is 102. The average Bonchev–Trinajstić information content (AvgIpc) is 1.49. The number of esters is 3. The molecule has 664 valence electrons. The minimum atomic E-state index is -2.74. The molecule has 38 nitrogen and oxygen atoms in total. The van der Waals surface area contributed by atoms with Gasteiger partial charge in [-0.05, 0) is 112 Å². The van der Waals surface area contributed by atoms with Gasteiger partial charge in [0.2, 0.25) is 58.8 Å². The van der Waals surface area contributed by atoms with Crippen molar-refractivity contribution in [2.75, 3.05) is 106 Å². The molecule has 6 fully saturated rings. The molecule has 2 aliphatic carbocycles. The van der Waals surface area contributed by atoms with Crippen LogP contribution in [0.2, 0.25) is 0 Å². The monoisotopic (exact) mass is 1700 g/mol. The van der Waals surface area contributed by atoms with E-state index in [1.54, 1.807) is 11.9 Å². The highest BCUT2D eigenvalue weighted by Crippen LogP contribution is 2.68. The lowest BCUT2D eigenvalue weighted by Gasteiger charge is -2.63. The van der Waals surface area contributed by atoms with Crippen molar-refractivity contribution in [3.8, 4) is 5.75 Å². The largest absolute Gasteiger partial charge is 0.496 e. The first-order valence-electron chi connectivity index (χ1n) is 41.6. The van der Waals surface area contributed by atoms with Crippen molar-refractivity contribution in [3.63, 3.8) is 0 Å². The molecule has 3 aromatic rings. The third kappa shape index (κ3) is 17.5. The average molecular weight is 1700 g/mol. The molecule has 12 rings (SSSR count). The number of anilines is 1. The molecule has 2 saturated carbocycles. The van der Waals surface area contributed by atoms with Gasteiger partial charge in [0.25, 0.3) is 5.97 Å². The fourth-order valence-corrected chi connectivity index (χ4v) is 21.2. The van der Waals surface area contributed by atoms with Crippen LogP contribution in [0.1, 0.15) is 146 Å². The maximum Gasteiger partial charge on any atom is 0.344 e. The Morgan fingerprint density at radius 1 is 0.678 bits per heavy atom. The predicted octanol–water partition coefficient (Wildman–Crippen LogP) is -3.24. The van der Waals surface area contributed by atoms with E-state index in [2.05, 4.69) is 46.7 Å². The van der Waals surface area contributed by atoms with E-state index >= 15 is 14.4 Å². The second-order valence-electron chi connectivity index (χ2n) is 33.7. The van der Waals surface area contributed by atoms with Crippen LogP contribution >= 0.6 is 0 Å². The fraction of sp³-hybridized carbons (Fsp3) is 0.651. The number of β-amino-alcohol motifs (C(OH)–C–C–N with tert-alkyl or cyclic N) is 1. The van der Waals surface area contributed by atoms with Crippen molar-refractivity contribution >= 4 is 93.6 Å². The van der Waals surface area contributed by atoms with Crippen molar-refractivity contribution in [2.24, 2.45) is 23.0 Å². The van der Waals surface area contributed by atoms with Crippen LogP contribution in [-0.2, 0) is 93.8 Å². The molecule has 1 unspecified atom stereocenters. The molecule has 2 bridgehead atoms. The molecular formula is C83H117N13O25. The van der Waals surface area contributed by atoms with Gasteiger partial charge in [0.05, 0.1) is 65.5 Å². The summed E-state index contributed by atoms with van der Waals surface area (Å²) >= 11 is 0. The van der Waals surface area contributed by atoms with Crippen LogP contribution in [0.25, 0.3) is 10.9 Å². The minimum absolute atomic E-state index is 0.0379. The number of carboxylic acids is 1. The number of H-pyrrole nitrogens is 1. The number of ether oxygens (including phenoxy) is 4. The zero-order valence-corrected chi connectivity index (χ0v) is 69.6. The molecule has 2 aromatic carbocycles. The number of rotatable bonds is 29. The number of nitrogens with two attached hydrogens (primary N) is 1. The number of piperidine rings is 1. The van der Waals surface area contributed by atoms with E-state index in [1.807, 2.05) is 62.4 Å². The number of hydrogen-bond donors (Lipinski definition) is 16. The van der Waals surface area contributed by atoms with Gasteiger partial charge in [0.15, 0.2) is 6.10 Å². The topological polar surface area (TPSA) is 551 Å². The number of nitrogens with one attached hydrogen (secondary N) is 7. The molecule has 17 N–H and O–H groups in total. The van der Waals surface area contributed by atoms with E-state index in [0.29, 0.717) is 112 Å².